The summed E-state index contributed by atoms with van der Waals surface area (Å²) < 4.78 is 4.44. The van der Waals surface area contributed by atoms with E-state index in [1.165, 1.54) is 7.11 Å². The maximum Gasteiger partial charge on any atom is 0.337 e. The summed E-state index contributed by atoms with van der Waals surface area (Å²) >= 11 is 0. The highest BCUT2D eigenvalue weighted by Crippen LogP contribution is 2.28. The van der Waals surface area contributed by atoms with Crippen LogP contribution in [0.4, 0.5) is 0 Å². The highest BCUT2D eigenvalue weighted by atomic mass is 16.5. The van der Waals surface area contributed by atoms with Gasteiger partial charge in [0, 0.05) is 0 Å². The smallest absolute Gasteiger partial charge is 0.337 e. The molecule has 100 valence electrons. The van der Waals surface area contributed by atoms with Crippen molar-refractivity contribution in [1.82, 2.24) is 0 Å². The Kier molecular flexibility index (Phi) is 3.83. The number of fused-ring (bicyclic) bond motifs is 1. The zero-order valence-corrected chi connectivity index (χ0v) is 10.8. The zero-order valence-electron chi connectivity index (χ0n) is 10.8. The molecule has 0 spiro atoms. The van der Waals surface area contributed by atoms with Crippen molar-refractivity contribution in [1.29, 1.82) is 0 Å². The van der Waals surface area contributed by atoms with Gasteiger partial charge in [-0.25, -0.2) is 4.79 Å². The lowest BCUT2D eigenvalue weighted by Crippen LogP contribution is -2.29. The van der Waals surface area contributed by atoms with Gasteiger partial charge in [0.25, 0.3) is 0 Å². The van der Waals surface area contributed by atoms with Gasteiger partial charge in [0.2, 0.25) is 0 Å². The Morgan fingerprint density at radius 3 is 2.37 bits per heavy atom. The van der Waals surface area contributed by atoms with Crippen LogP contribution in [0.2, 0.25) is 0 Å². The summed E-state index contributed by atoms with van der Waals surface area (Å²) in [4.78, 5) is 11.3. The Bertz CT molecular complexity index is 606. The largest absolute Gasteiger partial charge is 0.467 e. The molecule has 0 bridgehead atoms. The average molecular weight is 260 g/mol. The van der Waals surface area contributed by atoms with Crippen molar-refractivity contribution >= 4 is 16.7 Å². The molecule has 0 heterocycles. The fourth-order valence-electron chi connectivity index (χ4n) is 2.15. The topological polar surface area (TPSA) is 66.8 Å². The molecule has 2 aromatic carbocycles. The Morgan fingerprint density at radius 2 is 1.74 bits per heavy atom. The second kappa shape index (κ2) is 5.38. The molecule has 4 nitrogen and oxygen atoms in total. The molecule has 0 aliphatic rings. The summed E-state index contributed by atoms with van der Waals surface area (Å²) in [5.74, 6) is -0.850. The quantitative estimate of drug-likeness (QED) is 0.825. The molecule has 2 rings (SSSR count). The number of aliphatic hydroxyl groups is 2. The molecule has 0 fully saturated rings. The van der Waals surface area contributed by atoms with Gasteiger partial charge in [-0.05, 0) is 28.8 Å². The molecule has 0 aliphatic heterocycles. The van der Waals surface area contributed by atoms with Crippen molar-refractivity contribution < 1.29 is 19.7 Å². The van der Waals surface area contributed by atoms with Gasteiger partial charge in [-0.2, -0.15) is 0 Å². The normalized spacial score (nSPS) is 14.1. The number of methoxy groups -OCH3 is 1. The van der Waals surface area contributed by atoms with Crippen LogP contribution in [0.1, 0.15) is 17.2 Å². The zero-order chi connectivity index (χ0) is 14.0. The monoisotopic (exact) mass is 260 g/mol. The van der Waals surface area contributed by atoms with Crippen LogP contribution in [0, 0.1) is 6.92 Å². The van der Waals surface area contributed by atoms with Gasteiger partial charge in [0.1, 0.15) is 6.10 Å². The molecule has 4 heteroatoms. The van der Waals surface area contributed by atoms with Crippen molar-refractivity contribution in [3.63, 3.8) is 0 Å². The van der Waals surface area contributed by atoms with E-state index in [1.54, 1.807) is 6.07 Å². The van der Waals surface area contributed by atoms with Gasteiger partial charge in [0.05, 0.1) is 7.11 Å². The van der Waals surface area contributed by atoms with Crippen LogP contribution in [0.15, 0.2) is 36.4 Å². The van der Waals surface area contributed by atoms with Crippen molar-refractivity contribution in [2.24, 2.45) is 0 Å². The lowest BCUT2D eigenvalue weighted by molar-refractivity contribution is -0.156. The Hall–Kier alpha value is -1.91. The third-order valence-corrected chi connectivity index (χ3v) is 3.24. The van der Waals surface area contributed by atoms with Gasteiger partial charge < -0.3 is 14.9 Å². The highest BCUT2D eigenvalue weighted by molar-refractivity contribution is 5.89. The molecule has 19 heavy (non-hydrogen) atoms. The lowest BCUT2D eigenvalue weighted by Gasteiger charge is -2.18. The van der Waals surface area contributed by atoms with Crippen molar-refractivity contribution in [2.45, 2.75) is 19.1 Å². The van der Waals surface area contributed by atoms with Gasteiger partial charge in [-0.1, -0.05) is 36.4 Å². The second-order valence-electron chi connectivity index (χ2n) is 4.43. The number of hydrogen-bond acceptors (Lipinski definition) is 4. The molecule has 0 saturated heterocycles. The molecule has 2 N–H and O–H groups in total. The maximum absolute atomic E-state index is 11.3. The maximum atomic E-state index is 11.3. The van der Waals surface area contributed by atoms with Crippen molar-refractivity contribution in [2.75, 3.05) is 7.11 Å². The van der Waals surface area contributed by atoms with E-state index in [-0.39, 0.29) is 0 Å². The van der Waals surface area contributed by atoms with E-state index in [1.807, 2.05) is 37.3 Å². The lowest BCUT2D eigenvalue weighted by atomic mass is 9.95. The van der Waals surface area contributed by atoms with Crippen molar-refractivity contribution in [3.8, 4) is 0 Å². The van der Waals surface area contributed by atoms with Crippen LogP contribution in [0.3, 0.4) is 0 Å². The molecule has 0 aromatic heterocycles. The SMILES string of the molecule is COC(=O)C(O)C(O)c1ccc(C)c2ccccc12. The van der Waals surface area contributed by atoms with E-state index in [2.05, 4.69) is 4.74 Å². The minimum Gasteiger partial charge on any atom is -0.467 e. The number of benzene rings is 2. The van der Waals surface area contributed by atoms with Gasteiger partial charge in [-0.15, -0.1) is 0 Å². The van der Waals surface area contributed by atoms with E-state index in [0.717, 1.165) is 16.3 Å². The molecule has 2 aromatic rings. The second-order valence-corrected chi connectivity index (χ2v) is 4.43. The Balaban J connectivity index is 2.51. The van der Waals surface area contributed by atoms with Crippen LogP contribution in [-0.2, 0) is 9.53 Å². The van der Waals surface area contributed by atoms with Crippen LogP contribution >= 0.6 is 0 Å². The number of rotatable bonds is 3. The molecule has 0 radical (unpaired) electrons. The van der Waals surface area contributed by atoms with Crippen LogP contribution in [0.25, 0.3) is 10.8 Å². The first-order chi connectivity index (χ1) is 9.06. The summed E-state index contributed by atoms with van der Waals surface area (Å²) in [6, 6.07) is 11.1. The van der Waals surface area contributed by atoms with E-state index < -0.39 is 18.2 Å². The predicted octanol–water partition coefficient (Wildman–Crippen LogP) is 1.72. The van der Waals surface area contributed by atoms with Gasteiger partial charge in [0.15, 0.2) is 6.10 Å². The number of aryl methyl sites for hydroxylation is 1. The summed E-state index contributed by atoms with van der Waals surface area (Å²) in [6.07, 6.45) is -2.89. The third kappa shape index (κ3) is 2.45. The van der Waals surface area contributed by atoms with Crippen LogP contribution in [-0.4, -0.2) is 29.4 Å². The number of carbonyl (C=O) groups excluding carboxylic acids is 1. The molecular weight excluding hydrogens is 244 g/mol. The molecule has 2 atom stereocenters. The molecule has 0 saturated carbocycles. The molecule has 2 unspecified atom stereocenters. The number of carbonyl (C=O) groups is 1. The van der Waals surface area contributed by atoms with E-state index in [0.29, 0.717) is 5.56 Å². The predicted molar refractivity (Wildman–Crippen MR) is 71.7 cm³/mol. The van der Waals surface area contributed by atoms with Crippen LogP contribution < -0.4 is 0 Å². The molecule has 0 amide bonds. The molecular formula is C15H16O4. The first-order valence-electron chi connectivity index (χ1n) is 5.98. The Labute approximate surface area is 111 Å². The number of ether oxygens (including phenoxy) is 1. The molecule has 0 aliphatic carbocycles. The number of hydrogen-bond donors (Lipinski definition) is 2. The summed E-state index contributed by atoms with van der Waals surface area (Å²) in [6.45, 7) is 1.97. The average Bonchev–Trinajstić information content (AvgIpc) is 2.45. The fraction of sp³-hybridized carbons (Fsp3) is 0.267. The van der Waals surface area contributed by atoms with Crippen molar-refractivity contribution in [3.05, 3.63) is 47.5 Å². The highest BCUT2D eigenvalue weighted by Gasteiger charge is 2.27. The first-order valence-corrected chi connectivity index (χ1v) is 5.98. The number of esters is 1. The summed E-state index contributed by atoms with van der Waals surface area (Å²) in [5.41, 5.74) is 1.58. The van der Waals surface area contributed by atoms with Gasteiger partial charge in [-0.3, -0.25) is 0 Å². The minimum atomic E-state index is -1.59. The standard InChI is InChI=1S/C15H16O4/c1-9-7-8-12(11-6-4-3-5-10(9)11)13(16)14(17)15(18)19-2/h3-8,13-14,16-17H,1-2H3. The fourth-order valence-corrected chi connectivity index (χ4v) is 2.15. The first kappa shape index (κ1) is 13.5. The number of aliphatic hydroxyl groups excluding tert-OH is 2. The summed E-state index contributed by atoms with van der Waals surface area (Å²) in [7, 11) is 1.17. The van der Waals surface area contributed by atoms with Gasteiger partial charge >= 0.3 is 5.97 Å². The minimum absolute atomic E-state index is 0.513. The van der Waals surface area contributed by atoms with E-state index >= 15 is 0 Å². The third-order valence-electron chi connectivity index (χ3n) is 3.24. The summed E-state index contributed by atoms with van der Waals surface area (Å²) in [5, 5.41) is 21.7. The van der Waals surface area contributed by atoms with E-state index in [9.17, 15) is 15.0 Å². The van der Waals surface area contributed by atoms with Crippen LogP contribution in [0.5, 0.6) is 0 Å². The van der Waals surface area contributed by atoms with E-state index in [4.69, 9.17) is 0 Å². The Morgan fingerprint density at radius 1 is 1.11 bits per heavy atom.